The third-order valence-corrected chi connectivity index (χ3v) is 7.05. The summed E-state index contributed by atoms with van der Waals surface area (Å²) in [6, 6.07) is 9.03. The molecule has 5 N–H and O–H groups in total. The lowest BCUT2D eigenvalue weighted by Crippen LogP contribution is -2.69. The standard InChI is InChI=1S/C25H30N8O2S/c1-25(2,34)15-35-21-6-22(24-17(7-26)9-30-33(24)13-21)16-3-4-23(29-8-16)31-11-19-5-20(12-31)32(19)10-18(27)14-36-28/h3-4,6,8-9,13-14,19-20,34H,5,10-12,15,27-28H2,1-2H3/b18-14-. The number of nitrogens with zero attached hydrogens (tertiary/aromatic N) is 6. The van der Waals surface area contributed by atoms with E-state index in [0.717, 1.165) is 54.2 Å². The first-order valence-corrected chi connectivity index (χ1v) is 12.7. The molecule has 6 heterocycles. The summed E-state index contributed by atoms with van der Waals surface area (Å²) in [5.74, 6) is 1.47. The molecule has 2 unspecified atom stereocenters. The van der Waals surface area contributed by atoms with Gasteiger partial charge in [0.25, 0.3) is 0 Å². The molecule has 3 fully saturated rings. The largest absolute Gasteiger partial charge is 0.489 e. The Morgan fingerprint density at radius 2 is 2.11 bits per heavy atom. The van der Waals surface area contributed by atoms with Gasteiger partial charge in [0.05, 0.1) is 29.1 Å². The fraction of sp³-hybridized carbons (Fsp3) is 0.400. The normalized spacial score (nSPS) is 20.3. The number of anilines is 1. The van der Waals surface area contributed by atoms with Crippen LogP contribution in [0.15, 0.2) is 47.9 Å². The molecule has 6 rings (SSSR count). The van der Waals surface area contributed by atoms with Gasteiger partial charge in [-0.3, -0.25) is 10.0 Å². The van der Waals surface area contributed by atoms with Crippen molar-refractivity contribution in [3.63, 3.8) is 0 Å². The van der Waals surface area contributed by atoms with Gasteiger partial charge < -0.3 is 20.5 Å². The Morgan fingerprint density at radius 1 is 1.33 bits per heavy atom. The Labute approximate surface area is 214 Å². The molecule has 3 aromatic rings. The summed E-state index contributed by atoms with van der Waals surface area (Å²) in [6.07, 6.45) is 6.26. The lowest BCUT2D eigenvalue weighted by atomic mass is 9.87. The van der Waals surface area contributed by atoms with Crippen molar-refractivity contribution in [3.8, 4) is 22.9 Å². The predicted molar refractivity (Wildman–Crippen MR) is 140 cm³/mol. The molecule has 0 amide bonds. The summed E-state index contributed by atoms with van der Waals surface area (Å²) in [7, 11) is 0. The quantitative estimate of drug-likeness (QED) is 0.389. The van der Waals surface area contributed by atoms with Gasteiger partial charge in [0.1, 0.15) is 24.2 Å². The van der Waals surface area contributed by atoms with E-state index in [1.165, 1.54) is 6.42 Å². The minimum atomic E-state index is -0.976. The van der Waals surface area contributed by atoms with E-state index in [1.54, 1.807) is 36.2 Å². The van der Waals surface area contributed by atoms with Crippen molar-refractivity contribution in [3.05, 3.63) is 53.5 Å². The van der Waals surface area contributed by atoms with Crippen molar-refractivity contribution >= 4 is 23.3 Å². The van der Waals surface area contributed by atoms with Crippen molar-refractivity contribution in [2.75, 3.05) is 31.1 Å². The van der Waals surface area contributed by atoms with Gasteiger partial charge in [0, 0.05) is 60.1 Å². The van der Waals surface area contributed by atoms with Crippen molar-refractivity contribution < 1.29 is 9.84 Å². The summed E-state index contributed by atoms with van der Waals surface area (Å²) in [5.41, 5.74) is 8.70. The number of aromatic nitrogens is 3. The Balaban J connectivity index is 1.37. The van der Waals surface area contributed by atoms with Gasteiger partial charge in [-0.15, -0.1) is 0 Å². The molecule has 3 aromatic heterocycles. The van der Waals surface area contributed by atoms with Crippen molar-refractivity contribution in [2.24, 2.45) is 10.9 Å². The van der Waals surface area contributed by atoms with Crippen LogP contribution in [0.2, 0.25) is 0 Å². The monoisotopic (exact) mass is 506 g/mol. The molecule has 0 radical (unpaired) electrons. The van der Waals surface area contributed by atoms with Gasteiger partial charge in [-0.25, -0.2) is 9.50 Å². The molecule has 0 spiro atoms. The summed E-state index contributed by atoms with van der Waals surface area (Å²) >= 11 is 1.14. The zero-order valence-electron chi connectivity index (χ0n) is 20.3. The first-order chi connectivity index (χ1) is 17.3. The van der Waals surface area contributed by atoms with Gasteiger partial charge in [-0.2, -0.15) is 10.4 Å². The van der Waals surface area contributed by atoms with Crippen LogP contribution in [-0.4, -0.2) is 68.5 Å². The van der Waals surface area contributed by atoms with E-state index in [4.69, 9.17) is 20.6 Å². The topological polar surface area (TPSA) is 142 Å². The lowest BCUT2D eigenvalue weighted by Gasteiger charge is -2.56. The molecule has 10 nitrogen and oxygen atoms in total. The lowest BCUT2D eigenvalue weighted by molar-refractivity contribution is 0.00790. The van der Waals surface area contributed by atoms with Crippen LogP contribution < -0.4 is 20.5 Å². The van der Waals surface area contributed by atoms with Gasteiger partial charge >= 0.3 is 0 Å². The number of nitrogens with two attached hydrogens (primary N) is 2. The Hall–Kier alpha value is -3.30. The molecule has 2 atom stereocenters. The van der Waals surface area contributed by atoms with Crippen LogP contribution in [0.1, 0.15) is 25.8 Å². The Bertz CT molecular complexity index is 1310. The molecular weight excluding hydrogens is 476 g/mol. The molecule has 3 aliphatic rings. The summed E-state index contributed by atoms with van der Waals surface area (Å²) in [4.78, 5) is 9.52. The number of rotatable bonds is 8. The second kappa shape index (κ2) is 9.63. The van der Waals surface area contributed by atoms with Crippen molar-refractivity contribution in [1.82, 2.24) is 19.5 Å². The molecule has 0 saturated carbocycles. The number of hydrogen-bond acceptors (Lipinski definition) is 10. The van der Waals surface area contributed by atoms with Crippen LogP contribution in [0.4, 0.5) is 5.82 Å². The number of nitriles is 1. The highest BCUT2D eigenvalue weighted by Crippen LogP contribution is 2.36. The molecular formula is C25H30N8O2S. The van der Waals surface area contributed by atoms with Gasteiger partial charge in [0.15, 0.2) is 0 Å². The zero-order chi connectivity index (χ0) is 25.4. The average Bonchev–Trinajstić information content (AvgIpc) is 3.28. The maximum atomic E-state index is 10.1. The van der Waals surface area contributed by atoms with Crippen LogP contribution in [0, 0.1) is 11.3 Å². The highest BCUT2D eigenvalue weighted by Gasteiger charge is 2.44. The van der Waals surface area contributed by atoms with Gasteiger partial charge in [-0.1, -0.05) is 11.9 Å². The van der Waals surface area contributed by atoms with Crippen LogP contribution >= 0.6 is 11.9 Å². The Kier molecular flexibility index (Phi) is 6.53. The average molecular weight is 507 g/mol. The van der Waals surface area contributed by atoms with Crippen LogP contribution in [0.25, 0.3) is 16.6 Å². The molecule has 188 valence electrons. The number of fused-ring (bicyclic) bond motifs is 3. The smallest absolute Gasteiger partial charge is 0.138 e. The van der Waals surface area contributed by atoms with Gasteiger partial charge in [-0.05, 0) is 38.5 Å². The third-order valence-electron chi connectivity index (χ3n) is 6.61. The van der Waals surface area contributed by atoms with E-state index in [-0.39, 0.29) is 6.61 Å². The van der Waals surface area contributed by atoms with E-state index in [9.17, 15) is 10.4 Å². The second-order valence-electron chi connectivity index (χ2n) is 10.0. The zero-order valence-corrected chi connectivity index (χ0v) is 21.1. The second-order valence-corrected chi connectivity index (χ2v) is 10.5. The number of ether oxygens (including phenoxy) is 1. The predicted octanol–water partition coefficient (Wildman–Crippen LogP) is 2.09. The van der Waals surface area contributed by atoms with Crippen LogP contribution in [0.3, 0.4) is 0 Å². The molecule has 36 heavy (non-hydrogen) atoms. The Morgan fingerprint density at radius 3 is 2.75 bits per heavy atom. The summed E-state index contributed by atoms with van der Waals surface area (Å²) < 4.78 is 7.46. The fourth-order valence-electron chi connectivity index (χ4n) is 4.94. The molecule has 3 saturated heterocycles. The van der Waals surface area contributed by atoms with Crippen molar-refractivity contribution in [1.29, 1.82) is 5.26 Å². The molecule has 0 aliphatic carbocycles. The van der Waals surface area contributed by atoms with Crippen LogP contribution in [-0.2, 0) is 0 Å². The third kappa shape index (κ3) is 4.85. The summed E-state index contributed by atoms with van der Waals surface area (Å²) in [6.45, 7) is 6.04. The van der Waals surface area contributed by atoms with Crippen LogP contribution in [0.5, 0.6) is 5.75 Å². The van der Waals surface area contributed by atoms with Crippen molar-refractivity contribution in [2.45, 2.75) is 38.0 Å². The molecule has 0 aromatic carbocycles. The number of piperazine rings is 1. The maximum Gasteiger partial charge on any atom is 0.138 e. The maximum absolute atomic E-state index is 10.1. The highest BCUT2D eigenvalue weighted by molar-refractivity contribution is 8.00. The number of aliphatic hydroxyl groups is 1. The molecule has 11 heteroatoms. The summed E-state index contributed by atoms with van der Waals surface area (Å²) in [5, 5.41) is 31.3. The van der Waals surface area contributed by atoms with E-state index in [1.807, 2.05) is 24.4 Å². The number of pyridine rings is 2. The fourth-order valence-corrected chi connectivity index (χ4v) is 5.19. The molecule has 3 aliphatic heterocycles. The number of piperidine rings is 1. The first-order valence-electron chi connectivity index (χ1n) is 11.8. The first kappa shape index (κ1) is 24.4. The minimum Gasteiger partial charge on any atom is -0.489 e. The van der Waals surface area contributed by atoms with Gasteiger partial charge in [0.2, 0.25) is 0 Å². The highest BCUT2D eigenvalue weighted by atomic mass is 32.2. The minimum absolute atomic E-state index is 0.127. The van der Waals surface area contributed by atoms with E-state index in [0.29, 0.717) is 28.9 Å². The SMILES string of the molecule is CC(C)(O)COc1cc(-c2ccc(N3CC4CC(C3)N4C/C(N)=C/SN)nc2)c2c(C#N)cnn2c1. The van der Waals surface area contributed by atoms with E-state index < -0.39 is 5.60 Å². The molecule has 2 bridgehead atoms. The van der Waals surface area contributed by atoms with E-state index >= 15 is 0 Å². The number of hydrogen-bond donors (Lipinski definition) is 3. The van der Waals surface area contributed by atoms with E-state index in [2.05, 4.69) is 21.0 Å².